The molecule has 56 valence electrons. The van der Waals surface area contributed by atoms with Crippen LogP contribution in [-0.4, -0.2) is 32.8 Å². The molecule has 0 radical (unpaired) electrons. The fourth-order valence-electron chi connectivity index (χ4n) is 0.581. The fourth-order valence-corrected chi connectivity index (χ4v) is 1.06. The number of rotatable bonds is 1. The Labute approximate surface area is 84.9 Å². The van der Waals surface area contributed by atoms with Gasteiger partial charge in [0.15, 0.2) is 0 Å². The minimum atomic E-state index is -2.46. The van der Waals surface area contributed by atoms with Gasteiger partial charge in [-0.25, -0.2) is 0 Å². The topological polar surface area (TPSA) is 37.3 Å². The monoisotopic (exact) mass is 180 g/mol. The second-order valence-corrected chi connectivity index (χ2v) is 2.86. The van der Waals surface area contributed by atoms with E-state index in [0.717, 1.165) is 0 Å². The molecular weight excluding hydrogens is 170 g/mol. The standard InChI is InChI=1S/C6H7O2P.CH3.Na/c7-9(8)6-4-2-1-3-5-6;;/h1-5,9H,(H,7,8);1H3;. The van der Waals surface area contributed by atoms with Crippen LogP contribution in [0.2, 0.25) is 4.17 Å². The van der Waals surface area contributed by atoms with Crippen LogP contribution in [-0.2, 0) is 4.57 Å². The summed E-state index contributed by atoms with van der Waals surface area (Å²) in [6.45, 7) is 0. The van der Waals surface area contributed by atoms with Gasteiger partial charge in [0, 0.05) is 5.30 Å². The predicted molar refractivity (Wildman–Crippen MR) is 48.9 cm³/mol. The van der Waals surface area contributed by atoms with Crippen molar-refractivity contribution in [2.45, 2.75) is 4.17 Å². The van der Waals surface area contributed by atoms with Crippen molar-refractivity contribution in [1.82, 2.24) is 0 Å². The quantitative estimate of drug-likeness (QED) is 0.516. The maximum absolute atomic E-state index is 10.4. The normalized spacial score (nSPS) is 11.3. The van der Waals surface area contributed by atoms with E-state index in [-0.39, 0.29) is 0 Å². The first-order valence-electron chi connectivity index (χ1n) is 3.59. The SMILES string of the molecule is O=[PH](O)c1ccccc1.[CH3][Na]. The van der Waals surface area contributed by atoms with Crippen molar-refractivity contribution in [2.75, 3.05) is 0 Å². The van der Waals surface area contributed by atoms with Gasteiger partial charge in [-0.15, -0.1) is 0 Å². The van der Waals surface area contributed by atoms with Gasteiger partial charge in [0.05, 0.1) is 0 Å². The van der Waals surface area contributed by atoms with Crippen molar-refractivity contribution in [3.05, 3.63) is 30.3 Å². The van der Waals surface area contributed by atoms with Gasteiger partial charge in [0.2, 0.25) is 8.03 Å². The zero-order chi connectivity index (χ0) is 8.69. The molecule has 4 heteroatoms. The molecule has 0 aliphatic rings. The Kier molecular flexibility index (Phi) is 7.34. The number of hydrogen-bond acceptors (Lipinski definition) is 1. The second-order valence-electron chi connectivity index (χ2n) is 1.67. The molecule has 1 rings (SSSR count). The number of benzene rings is 1. The molecule has 11 heavy (non-hydrogen) atoms. The second kappa shape index (κ2) is 7.08. The van der Waals surface area contributed by atoms with E-state index < -0.39 is 8.03 Å². The zero-order valence-corrected chi connectivity index (χ0v) is 9.74. The summed E-state index contributed by atoms with van der Waals surface area (Å²) in [5.74, 6) is 0. The fraction of sp³-hybridized carbons (Fsp3) is 0.143. The van der Waals surface area contributed by atoms with Crippen LogP contribution < -0.4 is 5.30 Å². The molecule has 1 aromatic rings. The number of hydrogen-bond donors (Lipinski definition) is 1. The maximum atomic E-state index is 10.4. The third kappa shape index (κ3) is 4.78. The third-order valence-electron chi connectivity index (χ3n) is 1.02. The van der Waals surface area contributed by atoms with Crippen molar-refractivity contribution in [3.8, 4) is 0 Å². The average molecular weight is 180 g/mol. The van der Waals surface area contributed by atoms with Gasteiger partial charge in [-0.3, -0.25) is 4.57 Å². The molecule has 0 bridgehead atoms. The summed E-state index contributed by atoms with van der Waals surface area (Å²) in [5, 5.41) is 0.516. The Morgan fingerprint density at radius 3 is 2.00 bits per heavy atom. The van der Waals surface area contributed by atoms with Crippen LogP contribution in [0, 0.1) is 0 Å². The Morgan fingerprint density at radius 1 is 1.27 bits per heavy atom. The molecule has 1 aromatic carbocycles. The molecule has 0 fully saturated rings. The van der Waals surface area contributed by atoms with E-state index in [4.69, 9.17) is 4.89 Å². The first kappa shape index (κ1) is 11.4. The van der Waals surface area contributed by atoms with Crippen molar-refractivity contribution in [2.24, 2.45) is 0 Å². The summed E-state index contributed by atoms with van der Waals surface area (Å²) < 4.78 is 12.5. The van der Waals surface area contributed by atoms with E-state index in [1.54, 1.807) is 24.3 Å². The zero-order valence-electron chi connectivity index (χ0n) is 6.74. The van der Waals surface area contributed by atoms with Gasteiger partial charge in [-0.2, -0.15) is 0 Å². The molecule has 1 atom stereocenters. The third-order valence-corrected chi connectivity index (χ3v) is 1.85. The van der Waals surface area contributed by atoms with Crippen LogP contribution in [0.15, 0.2) is 30.3 Å². The summed E-state index contributed by atoms with van der Waals surface area (Å²) in [6, 6.07) is 8.58. The Hall–Kier alpha value is 0.410. The van der Waals surface area contributed by atoms with Gasteiger partial charge in [-0.1, -0.05) is 18.2 Å². The molecule has 0 saturated carbocycles. The van der Waals surface area contributed by atoms with E-state index in [0.29, 0.717) is 5.30 Å². The van der Waals surface area contributed by atoms with Crippen molar-refractivity contribution in [3.63, 3.8) is 0 Å². The van der Waals surface area contributed by atoms with E-state index >= 15 is 0 Å². The molecule has 0 aliphatic carbocycles. The molecular formula is C7H10NaO2P. The summed E-state index contributed by atoms with van der Waals surface area (Å²) >= 11 is 1.31. The summed E-state index contributed by atoms with van der Waals surface area (Å²) in [6.07, 6.45) is 0. The molecule has 0 aliphatic heterocycles. The molecule has 0 spiro atoms. The van der Waals surface area contributed by atoms with Gasteiger partial charge < -0.3 is 4.89 Å². The van der Waals surface area contributed by atoms with E-state index in [9.17, 15) is 4.57 Å². The molecule has 2 nitrogen and oxygen atoms in total. The molecule has 1 unspecified atom stereocenters. The summed E-state index contributed by atoms with van der Waals surface area (Å²) in [5.41, 5.74) is 0. The molecule has 1 N–H and O–H groups in total. The van der Waals surface area contributed by atoms with Crippen LogP contribution in [0.4, 0.5) is 0 Å². The van der Waals surface area contributed by atoms with Gasteiger partial charge in [-0.05, 0) is 12.1 Å². The average Bonchev–Trinajstić information content (AvgIpc) is 2.10. The first-order chi connectivity index (χ1) is 5.30. The molecule has 0 heterocycles. The van der Waals surface area contributed by atoms with Gasteiger partial charge >= 0.3 is 32.1 Å². The van der Waals surface area contributed by atoms with Crippen molar-refractivity contribution < 1.29 is 9.46 Å². The van der Waals surface area contributed by atoms with Crippen LogP contribution in [0.3, 0.4) is 0 Å². The van der Waals surface area contributed by atoms with Crippen LogP contribution in [0.5, 0.6) is 0 Å². The minimum absolute atomic E-state index is 0.516. The Bertz CT molecular complexity index is 213. The van der Waals surface area contributed by atoms with Gasteiger partial charge in [0.1, 0.15) is 0 Å². The molecule has 0 saturated heterocycles. The molecule has 0 amide bonds. The van der Waals surface area contributed by atoms with Crippen LogP contribution >= 0.6 is 8.03 Å². The van der Waals surface area contributed by atoms with Crippen LogP contribution in [0.1, 0.15) is 0 Å². The predicted octanol–water partition coefficient (Wildman–Crippen LogP) is 0.982. The summed E-state index contributed by atoms with van der Waals surface area (Å²) in [7, 11) is -2.46. The van der Waals surface area contributed by atoms with Gasteiger partial charge in [0.25, 0.3) is 0 Å². The van der Waals surface area contributed by atoms with Crippen molar-refractivity contribution in [1.29, 1.82) is 0 Å². The van der Waals surface area contributed by atoms with Crippen LogP contribution in [0.25, 0.3) is 0 Å². The molecule has 0 aromatic heterocycles. The Morgan fingerprint density at radius 2 is 1.73 bits per heavy atom. The summed E-state index contributed by atoms with van der Waals surface area (Å²) in [4.78, 5) is 8.57. The van der Waals surface area contributed by atoms with Crippen molar-refractivity contribution >= 4 is 41.3 Å². The van der Waals surface area contributed by atoms with E-state index in [1.807, 2.05) is 6.07 Å². The van der Waals surface area contributed by atoms with E-state index in [2.05, 4.69) is 4.17 Å². The Balaban J connectivity index is 0.000000461. The van der Waals surface area contributed by atoms with E-state index in [1.165, 1.54) is 27.9 Å². The first-order valence-corrected chi connectivity index (χ1v) is 6.94.